The molecular weight excluding hydrogens is 118 g/mol. The Labute approximate surface area is 54.4 Å². The summed E-state index contributed by atoms with van der Waals surface area (Å²) in [6.45, 7) is 2.64. The van der Waals surface area contributed by atoms with E-state index in [-0.39, 0.29) is 18.0 Å². The van der Waals surface area contributed by atoms with Gasteiger partial charge in [0.05, 0.1) is 0 Å². The van der Waals surface area contributed by atoms with E-state index in [2.05, 4.69) is 5.32 Å². The highest BCUT2D eigenvalue weighted by Crippen LogP contribution is 2.20. The van der Waals surface area contributed by atoms with Crippen LogP contribution in [0.1, 0.15) is 6.92 Å². The lowest BCUT2D eigenvalue weighted by Crippen LogP contribution is -2.47. The second-order valence-electron chi connectivity index (χ2n) is 2.31. The molecule has 1 rings (SSSR count). The second kappa shape index (κ2) is 2.35. The predicted octanol–water partition coefficient (Wildman–Crippen LogP) is -0.233. The normalized spacial score (nSPS) is 33.3. The first kappa shape index (κ1) is 6.55. The number of carbonyl (C=O) groups is 1. The molecule has 0 aromatic rings. The molecule has 52 valence electrons. The highest BCUT2D eigenvalue weighted by atomic mass is 16.6. The van der Waals surface area contributed by atoms with E-state index in [1.165, 1.54) is 0 Å². The standard InChI is InChI=1S/C6H11NO2/c1-4-5(3-7-2)6(8)9-4/h4-5,7H,3H2,1-2H3/t4-,5+/m1/s1. The first-order chi connectivity index (χ1) is 4.25. The van der Waals surface area contributed by atoms with Gasteiger partial charge in [0.15, 0.2) is 0 Å². The van der Waals surface area contributed by atoms with Gasteiger partial charge in [0.25, 0.3) is 0 Å². The van der Waals surface area contributed by atoms with E-state index in [1.54, 1.807) is 0 Å². The van der Waals surface area contributed by atoms with Crippen molar-refractivity contribution in [3.63, 3.8) is 0 Å². The Balaban J connectivity index is 2.30. The number of esters is 1. The highest BCUT2D eigenvalue weighted by molar-refractivity contribution is 5.78. The quantitative estimate of drug-likeness (QED) is 0.523. The summed E-state index contributed by atoms with van der Waals surface area (Å²) >= 11 is 0. The summed E-state index contributed by atoms with van der Waals surface area (Å²) in [5, 5.41) is 2.93. The molecule has 1 fully saturated rings. The largest absolute Gasteiger partial charge is 0.461 e. The fraction of sp³-hybridized carbons (Fsp3) is 0.833. The van der Waals surface area contributed by atoms with E-state index in [0.29, 0.717) is 0 Å². The molecule has 0 amide bonds. The molecule has 0 spiro atoms. The summed E-state index contributed by atoms with van der Waals surface area (Å²) < 4.78 is 4.73. The zero-order valence-corrected chi connectivity index (χ0v) is 5.68. The fourth-order valence-electron chi connectivity index (χ4n) is 0.941. The molecule has 0 aromatic heterocycles. The maximum atomic E-state index is 10.6. The van der Waals surface area contributed by atoms with Crippen LogP contribution in [0.4, 0.5) is 0 Å². The average Bonchev–Trinajstić information content (AvgIpc) is 1.84. The van der Waals surface area contributed by atoms with Gasteiger partial charge in [-0.15, -0.1) is 0 Å². The summed E-state index contributed by atoms with van der Waals surface area (Å²) in [5.41, 5.74) is 0. The third-order valence-electron chi connectivity index (χ3n) is 1.60. The van der Waals surface area contributed by atoms with Gasteiger partial charge >= 0.3 is 5.97 Å². The van der Waals surface area contributed by atoms with Crippen LogP contribution in [-0.2, 0) is 9.53 Å². The first-order valence-corrected chi connectivity index (χ1v) is 3.11. The van der Waals surface area contributed by atoms with Crippen molar-refractivity contribution < 1.29 is 9.53 Å². The first-order valence-electron chi connectivity index (χ1n) is 3.11. The van der Waals surface area contributed by atoms with E-state index in [9.17, 15) is 4.79 Å². The number of ether oxygens (including phenoxy) is 1. The molecule has 0 unspecified atom stereocenters. The summed E-state index contributed by atoms with van der Waals surface area (Å²) in [6.07, 6.45) is 0.116. The molecule has 1 saturated heterocycles. The van der Waals surface area contributed by atoms with Crippen LogP contribution in [0, 0.1) is 5.92 Å². The minimum Gasteiger partial charge on any atom is -0.461 e. The van der Waals surface area contributed by atoms with E-state index in [0.717, 1.165) is 6.54 Å². The van der Waals surface area contributed by atoms with Crippen LogP contribution in [0.15, 0.2) is 0 Å². The van der Waals surface area contributed by atoms with Crippen LogP contribution < -0.4 is 5.32 Å². The van der Waals surface area contributed by atoms with Gasteiger partial charge in [-0.1, -0.05) is 0 Å². The number of hydrogen-bond acceptors (Lipinski definition) is 3. The minimum absolute atomic E-state index is 0.0724. The molecule has 0 aromatic carbocycles. The van der Waals surface area contributed by atoms with Gasteiger partial charge in [-0.25, -0.2) is 0 Å². The van der Waals surface area contributed by atoms with Crippen LogP contribution in [0.5, 0.6) is 0 Å². The van der Waals surface area contributed by atoms with Crippen molar-refractivity contribution in [1.82, 2.24) is 5.32 Å². The number of rotatable bonds is 2. The zero-order valence-electron chi connectivity index (χ0n) is 5.68. The monoisotopic (exact) mass is 129 g/mol. The van der Waals surface area contributed by atoms with Crippen molar-refractivity contribution >= 4 is 5.97 Å². The number of nitrogens with one attached hydrogen (secondary N) is 1. The SMILES string of the molecule is CNC[C@@H]1C(=O)O[C@@H]1C. The van der Waals surface area contributed by atoms with Gasteiger partial charge in [-0.3, -0.25) is 4.79 Å². The van der Waals surface area contributed by atoms with Gasteiger partial charge in [-0.2, -0.15) is 0 Å². The van der Waals surface area contributed by atoms with Crippen molar-refractivity contribution in [3.8, 4) is 0 Å². The minimum atomic E-state index is -0.0724. The van der Waals surface area contributed by atoms with Crippen molar-refractivity contribution in [2.75, 3.05) is 13.6 Å². The average molecular weight is 129 g/mol. The van der Waals surface area contributed by atoms with Gasteiger partial charge in [0.1, 0.15) is 12.0 Å². The lowest BCUT2D eigenvalue weighted by atomic mass is 9.99. The molecule has 0 aliphatic carbocycles. The van der Waals surface area contributed by atoms with Crippen LogP contribution in [0.25, 0.3) is 0 Å². The molecule has 1 heterocycles. The van der Waals surface area contributed by atoms with Crippen molar-refractivity contribution in [2.45, 2.75) is 13.0 Å². The molecule has 2 atom stereocenters. The Morgan fingerprint density at radius 1 is 1.78 bits per heavy atom. The van der Waals surface area contributed by atoms with Crippen molar-refractivity contribution in [3.05, 3.63) is 0 Å². The van der Waals surface area contributed by atoms with E-state index >= 15 is 0 Å². The summed E-state index contributed by atoms with van der Waals surface area (Å²) in [4.78, 5) is 10.6. The summed E-state index contributed by atoms with van der Waals surface area (Å²) in [6, 6.07) is 0. The summed E-state index contributed by atoms with van der Waals surface area (Å²) in [7, 11) is 1.83. The topological polar surface area (TPSA) is 38.3 Å². The van der Waals surface area contributed by atoms with Crippen LogP contribution >= 0.6 is 0 Å². The van der Waals surface area contributed by atoms with Gasteiger partial charge < -0.3 is 10.1 Å². The maximum absolute atomic E-state index is 10.6. The number of cyclic esters (lactones) is 1. The fourth-order valence-corrected chi connectivity index (χ4v) is 0.941. The maximum Gasteiger partial charge on any atom is 0.314 e. The van der Waals surface area contributed by atoms with Crippen molar-refractivity contribution in [2.24, 2.45) is 5.92 Å². The molecule has 9 heavy (non-hydrogen) atoms. The third-order valence-corrected chi connectivity index (χ3v) is 1.60. The zero-order chi connectivity index (χ0) is 6.85. The van der Waals surface area contributed by atoms with Gasteiger partial charge in [-0.05, 0) is 14.0 Å². The third kappa shape index (κ3) is 1.05. The van der Waals surface area contributed by atoms with Crippen LogP contribution in [-0.4, -0.2) is 25.7 Å². The Bertz CT molecular complexity index is 124. The molecular formula is C6H11NO2. The lowest BCUT2D eigenvalue weighted by Gasteiger charge is -2.31. The van der Waals surface area contributed by atoms with Gasteiger partial charge in [0, 0.05) is 6.54 Å². The molecule has 0 radical (unpaired) electrons. The summed E-state index contributed by atoms with van der Waals surface area (Å²) in [5.74, 6) is 0.0202. The Hall–Kier alpha value is -0.570. The van der Waals surface area contributed by atoms with E-state index in [1.807, 2.05) is 14.0 Å². The second-order valence-corrected chi connectivity index (χ2v) is 2.31. The molecule has 1 N–H and O–H groups in total. The number of hydrogen-bond donors (Lipinski definition) is 1. The Morgan fingerprint density at radius 2 is 2.44 bits per heavy atom. The van der Waals surface area contributed by atoms with Crippen LogP contribution in [0.2, 0.25) is 0 Å². The Kier molecular flexibility index (Phi) is 1.71. The molecule has 1 aliphatic rings. The molecule has 0 saturated carbocycles. The number of carbonyl (C=O) groups excluding carboxylic acids is 1. The molecule has 3 heteroatoms. The molecule has 3 nitrogen and oxygen atoms in total. The van der Waals surface area contributed by atoms with E-state index in [4.69, 9.17) is 4.74 Å². The van der Waals surface area contributed by atoms with E-state index < -0.39 is 0 Å². The predicted molar refractivity (Wildman–Crippen MR) is 33.0 cm³/mol. The lowest BCUT2D eigenvalue weighted by molar-refractivity contribution is -0.181. The van der Waals surface area contributed by atoms with Crippen molar-refractivity contribution in [1.29, 1.82) is 0 Å². The Morgan fingerprint density at radius 3 is 2.67 bits per heavy atom. The molecule has 1 aliphatic heterocycles. The smallest absolute Gasteiger partial charge is 0.314 e. The molecule has 0 bridgehead atoms. The van der Waals surface area contributed by atoms with Gasteiger partial charge in [0.2, 0.25) is 0 Å². The van der Waals surface area contributed by atoms with Crippen LogP contribution in [0.3, 0.4) is 0 Å². The highest BCUT2D eigenvalue weighted by Gasteiger charge is 2.37.